The van der Waals surface area contributed by atoms with E-state index in [1.807, 2.05) is 32.0 Å². The van der Waals surface area contributed by atoms with E-state index in [4.69, 9.17) is 4.74 Å². The van der Waals surface area contributed by atoms with Gasteiger partial charge in [0, 0.05) is 18.0 Å². The standard InChI is InChI=1S/C13H19NO2/c1-4-14-9-10(2)13(15)11-6-5-7-12(8-11)16-3/h5-8,10,14H,4,9H2,1-3H3. The molecule has 0 saturated heterocycles. The molecular formula is C13H19NO2. The molecule has 0 bridgehead atoms. The molecule has 0 spiro atoms. The van der Waals surface area contributed by atoms with Gasteiger partial charge in [-0.2, -0.15) is 0 Å². The fourth-order valence-electron chi connectivity index (χ4n) is 1.51. The minimum Gasteiger partial charge on any atom is -0.497 e. The molecule has 0 amide bonds. The van der Waals surface area contributed by atoms with Crippen LogP contribution in [-0.2, 0) is 0 Å². The summed E-state index contributed by atoms with van der Waals surface area (Å²) in [5, 5.41) is 3.18. The number of ether oxygens (including phenoxy) is 1. The molecule has 1 rings (SSSR count). The number of methoxy groups -OCH3 is 1. The lowest BCUT2D eigenvalue weighted by Crippen LogP contribution is -2.26. The van der Waals surface area contributed by atoms with Gasteiger partial charge in [0.1, 0.15) is 5.75 Å². The van der Waals surface area contributed by atoms with Crippen molar-refractivity contribution >= 4 is 5.78 Å². The molecule has 1 unspecified atom stereocenters. The zero-order valence-corrected chi connectivity index (χ0v) is 10.1. The van der Waals surface area contributed by atoms with E-state index in [0.717, 1.165) is 12.3 Å². The van der Waals surface area contributed by atoms with E-state index in [-0.39, 0.29) is 11.7 Å². The molecule has 0 aliphatic rings. The topological polar surface area (TPSA) is 38.3 Å². The SMILES string of the molecule is CCNCC(C)C(=O)c1cccc(OC)c1. The third kappa shape index (κ3) is 3.35. The maximum atomic E-state index is 12.0. The van der Waals surface area contributed by atoms with Gasteiger partial charge in [0.2, 0.25) is 0 Å². The molecule has 1 aromatic rings. The van der Waals surface area contributed by atoms with E-state index in [1.54, 1.807) is 13.2 Å². The van der Waals surface area contributed by atoms with Crippen molar-refractivity contribution in [3.05, 3.63) is 29.8 Å². The number of carbonyl (C=O) groups is 1. The van der Waals surface area contributed by atoms with Gasteiger partial charge in [0.05, 0.1) is 7.11 Å². The van der Waals surface area contributed by atoms with Crippen LogP contribution in [0, 0.1) is 5.92 Å². The van der Waals surface area contributed by atoms with Gasteiger partial charge in [-0.3, -0.25) is 4.79 Å². The first-order valence-electron chi connectivity index (χ1n) is 5.58. The molecule has 1 aromatic carbocycles. The third-order valence-electron chi connectivity index (χ3n) is 2.50. The summed E-state index contributed by atoms with van der Waals surface area (Å²) in [5.41, 5.74) is 0.713. The Morgan fingerprint density at radius 2 is 2.25 bits per heavy atom. The van der Waals surface area contributed by atoms with Crippen molar-refractivity contribution in [3.63, 3.8) is 0 Å². The second kappa shape index (κ2) is 6.28. The number of hydrogen-bond donors (Lipinski definition) is 1. The second-order valence-corrected chi connectivity index (χ2v) is 3.80. The minimum atomic E-state index is -0.00736. The highest BCUT2D eigenvalue weighted by atomic mass is 16.5. The van der Waals surface area contributed by atoms with Crippen LogP contribution in [0.3, 0.4) is 0 Å². The van der Waals surface area contributed by atoms with Crippen LogP contribution in [-0.4, -0.2) is 26.0 Å². The molecule has 0 fully saturated rings. The first kappa shape index (κ1) is 12.7. The van der Waals surface area contributed by atoms with E-state index >= 15 is 0 Å². The largest absolute Gasteiger partial charge is 0.497 e. The van der Waals surface area contributed by atoms with Gasteiger partial charge in [0.15, 0.2) is 5.78 Å². The van der Waals surface area contributed by atoms with Gasteiger partial charge in [-0.25, -0.2) is 0 Å². The predicted octanol–water partition coefficient (Wildman–Crippen LogP) is 2.12. The Morgan fingerprint density at radius 3 is 2.88 bits per heavy atom. The number of benzene rings is 1. The first-order chi connectivity index (χ1) is 7.69. The fraction of sp³-hybridized carbons (Fsp3) is 0.462. The van der Waals surface area contributed by atoms with Crippen LogP contribution >= 0.6 is 0 Å². The molecule has 16 heavy (non-hydrogen) atoms. The van der Waals surface area contributed by atoms with Crippen LogP contribution in [0.25, 0.3) is 0 Å². The predicted molar refractivity (Wildman–Crippen MR) is 65.0 cm³/mol. The van der Waals surface area contributed by atoms with Crippen molar-refractivity contribution in [1.82, 2.24) is 5.32 Å². The molecule has 88 valence electrons. The smallest absolute Gasteiger partial charge is 0.167 e. The van der Waals surface area contributed by atoms with Crippen LogP contribution in [0.2, 0.25) is 0 Å². The second-order valence-electron chi connectivity index (χ2n) is 3.80. The number of hydrogen-bond acceptors (Lipinski definition) is 3. The van der Waals surface area contributed by atoms with Crippen LogP contribution in [0.1, 0.15) is 24.2 Å². The third-order valence-corrected chi connectivity index (χ3v) is 2.50. The molecule has 1 atom stereocenters. The lowest BCUT2D eigenvalue weighted by Gasteiger charge is -2.11. The van der Waals surface area contributed by atoms with Crippen molar-refractivity contribution in [2.75, 3.05) is 20.2 Å². The van der Waals surface area contributed by atoms with Crippen molar-refractivity contribution in [2.45, 2.75) is 13.8 Å². The zero-order valence-electron chi connectivity index (χ0n) is 10.1. The van der Waals surface area contributed by atoms with E-state index < -0.39 is 0 Å². The number of carbonyl (C=O) groups excluding carboxylic acids is 1. The van der Waals surface area contributed by atoms with E-state index in [2.05, 4.69) is 5.32 Å². The van der Waals surface area contributed by atoms with E-state index in [9.17, 15) is 4.79 Å². The van der Waals surface area contributed by atoms with Crippen LogP contribution < -0.4 is 10.1 Å². The van der Waals surface area contributed by atoms with E-state index in [0.29, 0.717) is 12.1 Å². The summed E-state index contributed by atoms with van der Waals surface area (Å²) < 4.78 is 5.10. The molecule has 3 nitrogen and oxygen atoms in total. The molecule has 1 N–H and O–H groups in total. The summed E-state index contributed by atoms with van der Waals surface area (Å²) in [7, 11) is 1.60. The highest BCUT2D eigenvalue weighted by Gasteiger charge is 2.14. The molecule has 0 aromatic heterocycles. The van der Waals surface area contributed by atoms with Crippen molar-refractivity contribution < 1.29 is 9.53 Å². The van der Waals surface area contributed by atoms with Gasteiger partial charge < -0.3 is 10.1 Å². The maximum absolute atomic E-state index is 12.0. The normalized spacial score (nSPS) is 12.2. The lowest BCUT2D eigenvalue weighted by molar-refractivity contribution is 0.0929. The summed E-state index contributed by atoms with van der Waals surface area (Å²) >= 11 is 0. The number of rotatable bonds is 6. The fourth-order valence-corrected chi connectivity index (χ4v) is 1.51. The molecule has 0 aliphatic heterocycles. The molecule has 0 aliphatic carbocycles. The Kier molecular flexibility index (Phi) is 4.99. The van der Waals surface area contributed by atoms with Gasteiger partial charge >= 0.3 is 0 Å². The summed E-state index contributed by atoms with van der Waals surface area (Å²) in [4.78, 5) is 12.0. The van der Waals surface area contributed by atoms with Crippen LogP contribution in [0.15, 0.2) is 24.3 Å². The maximum Gasteiger partial charge on any atom is 0.167 e. The number of Topliss-reactive ketones (excluding diaryl/α,β-unsaturated/α-hetero) is 1. The quantitative estimate of drug-likeness (QED) is 0.748. The molecule has 0 radical (unpaired) electrons. The first-order valence-corrected chi connectivity index (χ1v) is 5.58. The van der Waals surface area contributed by atoms with E-state index in [1.165, 1.54) is 0 Å². The Balaban J connectivity index is 2.71. The highest BCUT2D eigenvalue weighted by Crippen LogP contribution is 2.15. The Morgan fingerprint density at radius 1 is 1.50 bits per heavy atom. The van der Waals surface area contributed by atoms with Gasteiger partial charge in [-0.15, -0.1) is 0 Å². The number of ketones is 1. The zero-order chi connectivity index (χ0) is 12.0. The monoisotopic (exact) mass is 221 g/mol. The molecule has 3 heteroatoms. The Labute approximate surface area is 96.8 Å². The van der Waals surface area contributed by atoms with Gasteiger partial charge in [-0.1, -0.05) is 26.0 Å². The van der Waals surface area contributed by atoms with Crippen LogP contribution in [0.5, 0.6) is 5.75 Å². The summed E-state index contributed by atoms with van der Waals surface area (Å²) in [6.45, 7) is 5.56. The summed E-state index contributed by atoms with van der Waals surface area (Å²) in [6, 6.07) is 7.29. The van der Waals surface area contributed by atoms with Gasteiger partial charge in [0.25, 0.3) is 0 Å². The lowest BCUT2D eigenvalue weighted by atomic mass is 9.99. The van der Waals surface area contributed by atoms with Crippen molar-refractivity contribution in [3.8, 4) is 5.75 Å². The average molecular weight is 221 g/mol. The highest BCUT2D eigenvalue weighted by molar-refractivity contribution is 5.98. The summed E-state index contributed by atoms with van der Waals surface area (Å²) in [6.07, 6.45) is 0. The van der Waals surface area contributed by atoms with Crippen LogP contribution in [0.4, 0.5) is 0 Å². The minimum absolute atomic E-state index is 0.00736. The van der Waals surface area contributed by atoms with Crippen molar-refractivity contribution in [1.29, 1.82) is 0 Å². The molecule has 0 heterocycles. The Hall–Kier alpha value is -1.35. The van der Waals surface area contributed by atoms with Gasteiger partial charge in [-0.05, 0) is 18.7 Å². The molecule has 0 saturated carbocycles. The number of nitrogens with one attached hydrogen (secondary N) is 1. The summed E-state index contributed by atoms with van der Waals surface area (Å²) in [5.74, 6) is 0.869. The Bertz CT molecular complexity index is 350. The molecular weight excluding hydrogens is 202 g/mol. The van der Waals surface area contributed by atoms with Crippen molar-refractivity contribution in [2.24, 2.45) is 5.92 Å². The average Bonchev–Trinajstić information content (AvgIpc) is 2.35.